The monoisotopic (exact) mass is 217 g/mol. The van der Waals surface area contributed by atoms with E-state index < -0.39 is 0 Å². The Morgan fingerprint density at radius 3 is 3.08 bits per heavy atom. The third kappa shape index (κ3) is 2.03. The van der Waals surface area contributed by atoms with E-state index in [1.165, 1.54) is 0 Å². The van der Waals surface area contributed by atoms with Crippen molar-refractivity contribution in [3.05, 3.63) is 16.1 Å². The summed E-state index contributed by atoms with van der Waals surface area (Å²) in [7, 11) is 0. The van der Waals surface area contributed by atoms with Gasteiger partial charge in [-0.3, -0.25) is 0 Å². The van der Waals surface area contributed by atoms with Gasteiger partial charge in [-0.25, -0.2) is 4.98 Å². The van der Waals surface area contributed by atoms with Gasteiger partial charge in [0.05, 0.1) is 17.7 Å². The topological polar surface area (TPSA) is 22.1 Å². The van der Waals surface area contributed by atoms with Gasteiger partial charge in [0.15, 0.2) is 0 Å². The van der Waals surface area contributed by atoms with E-state index in [1.54, 1.807) is 11.3 Å². The van der Waals surface area contributed by atoms with E-state index in [0.717, 1.165) is 23.5 Å². The van der Waals surface area contributed by atoms with Crippen LogP contribution in [0.5, 0.6) is 0 Å². The van der Waals surface area contributed by atoms with Crippen LogP contribution < -0.4 is 0 Å². The Hall–Kier alpha value is -0.120. The molecule has 72 valence electrons. The molecule has 2 heterocycles. The van der Waals surface area contributed by atoms with E-state index in [9.17, 15) is 0 Å². The average molecular weight is 218 g/mol. The molecule has 0 spiro atoms. The van der Waals surface area contributed by atoms with Crippen molar-refractivity contribution in [2.75, 3.05) is 0 Å². The fourth-order valence-corrected chi connectivity index (χ4v) is 2.63. The van der Waals surface area contributed by atoms with E-state index in [1.807, 2.05) is 5.38 Å². The van der Waals surface area contributed by atoms with Crippen LogP contribution in [0.3, 0.4) is 0 Å². The molecule has 0 aromatic carbocycles. The highest BCUT2D eigenvalue weighted by Crippen LogP contribution is 2.34. The molecule has 1 aromatic rings. The molecule has 1 fully saturated rings. The van der Waals surface area contributed by atoms with Crippen LogP contribution in [0.4, 0.5) is 0 Å². The van der Waals surface area contributed by atoms with Crippen LogP contribution in [0.2, 0.25) is 0 Å². The van der Waals surface area contributed by atoms with Crippen LogP contribution in [0.15, 0.2) is 5.38 Å². The standard InChI is InChI=1S/C9H12ClNOS/c1-6-2-3-8(12-6)9-11-7(4-10)5-13-9/h5-6,8H,2-4H2,1H3. The van der Waals surface area contributed by atoms with Gasteiger partial charge in [-0.15, -0.1) is 22.9 Å². The summed E-state index contributed by atoms with van der Waals surface area (Å²) in [5.74, 6) is 0.499. The van der Waals surface area contributed by atoms with E-state index in [4.69, 9.17) is 16.3 Å². The number of thiazole rings is 1. The van der Waals surface area contributed by atoms with E-state index in [-0.39, 0.29) is 6.10 Å². The highest BCUT2D eigenvalue weighted by atomic mass is 35.5. The third-order valence-electron chi connectivity index (χ3n) is 2.21. The van der Waals surface area contributed by atoms with Crippen LogP contribution >= 0.6 is 22.9 Å². The molecule has 0 aliphatic carbocycles. The van der Waals surface area contributed by atoms with Crippen molar-refractivity contribution in [1.29, 1.82) is 0 Å². The minimum absolute atomic E-state index is 0.219. The Morgan fingerprint density at radius 2 is 2.54 bits per heavy atom. The normalized spacial score (nSPS) is 28.2. The molecule has 2 unspecified atom stereocenters. The number of aromatic nitrogens is 1. The van der Waals surface area contributed by atoms with Gasteiger partial charge in [0.2, 0.25) is 0 Å². The van der Waals surface area contributed by atoms with Crippen LogP contribution in [-0.2, 0) is 10.6 Å². The largest absolute Gasteiger partial charge is 0.368 e. The smallest absolute Gasteiger partial charge is 0.122 e. The summed E-state index contributed by atoms with van der Waals surface area (Å²) in [6.07, 6.45) is 2.84. The lowest BCUT2D eigenvalue weighted by Gasteiger charge is -2.06. The summed E-state index contributed by atoms with van der Waals surface area (Å²) in [6.45, 7) is 2.11. The summed E-state index contributed by atoms with van der Waals surface area (Å²) < 4.78 is 5.71. The minimum Gasteiger partial charge on any atom is -0.368 e. The Labute approximate surface area is 86.9 Å². The van der Waals surface area contributed by atoms with E-state index in [2.05, 4.69) is 11.9 Å². The van der Waals surface area contributed by atoms with E-state index >= 15 is 0 Å². The molecule has 2 rings (SSSR count). The highest BCUT2D eigenvalue weighted by Gasteiger charge is 2.25. The fourth-order valence-electron chi connectivity index (χ4n) is 1.52. The van der Waals surface area contributed by atoms with Gasteiger partial charge in [-0.2, -0.15) is 0 Å². The Morgan fingerprint density at radius 1 is 1.69 bits per heavy atom. The number of rotatable bonds is 2. The Kier molecular flexibility index (Phi) is 2.86. The van der Waals surface area contributed by atoms with Gasteiger partial charge in [-0.1, -0.05) is 0 Å². The molecule has 2 atom stereocenters. The second-order valence-corrected chi connectivity index (χ2v) is 4.48. The summed E-state index contributed by atoms with van der Waals surface area (Å²) in [6, 6.07) is 0. The molecular formula is C9H12ClNOS. The maximum atomic E-state index is 5.71. The Bertz CT molecular complexity index is 289. The molecule has 13 heavy (non-hydrogen) atoms. The summed E-state index contributed by atoms with van der Waals surface area (Å²) >= 11 is 7.33. The zero-order chi connectivity index (χ0) is 9.26. The lowest BCUT2D eigenvalue weighted by molar-refractivity contribution is 0.0553. The Balaban J connectivity index is 2.08. The number of hydrogen-bond acceptors (Lipinski definition) is 3. The van der Waals surface area contributed by atoms with Gasteiger partial charge in [0.1, 0.15) is 11.1 Å². The number of nitrogens with zero attached hydrogens (tertiary/aromatic N) is 1. The van der Waals surface area contributed by atoms with Gasteiger partial charge < -0.3 is 4.74 Å². The van der Waals surface area contributed by atoms with Crippen molar-refractivity contribution in [2.45, 2.75) is 37.9 Å². The molecule has 0 bridgehead atoms. The van der Waals surface area contributed by atoms with Gasteiger partial charge in [0, 0.05) is 5.38 Å². The first-order valence-electron chi connectivity index (χ1n) is 4.45. The summed E-state index contributed by atoms with van der Waals surface area (Å²) in [5.41, 5.74) is 0.963. The zero-order valence-electron chi connectivity index (χ0n) is 7.50. The number of ether oxygens (including phenoxy) is 1. The van der Waals surface area contributed by atoms with Gasteiger partial charge in [0.25, 0.3) is 0 Å². The van der Waals surface area contributed by atoms with E-state index in [0.29, 0.717) is 12.0 Å². The maximum absolute atomic E-state index is 5.71. The molecule has 1 saturated heterocycles. The molecule has 0 saturated carbocycles. The second kappa shape index (κ2) is 3.95. The van der Waals surface area contributed by atoms with Crippen LogP contribution in [0.25, 0.3) is 0 Å². The first-order chi connectivity index (χ1) is 6.29. The number of alkyl halides is 1. The quantitative estimate of drug-likeness (QED) is 0.711. The van der Waals surface area contributed by atoms with Crippen molar-refractivity contribution in [1.82, 2.24) is 4.98 Å². The third-order valence-corrected chi connectivity index (χ3v) is 3.47. The lowest BCUT2D eigenvalue weighted by Crippen LogP contribution is -2.00. The molecule has 0 radical (unpaired) electrons. The first-order valence-corrected chi connectivity index (χ1v) is 5.86. The first kappa shape index (κ1) is 9.44. The van der Waals surface area contributed by atoms with Gasteiger partial charge >= 0.3 is 0 Å². The molecule has 0 amide bonds. The summed E-state index contributed by atoms with van der Waals surface area (Å²) in [5, 5.41) is 3.09. The average Bonchev–Trinajstić information content (AvgIpc) is 2.71. The van der Waals surface area contributed by atoms with Crippen molar-refractivity contribution in [3.8, 4) is 0 Å². The van der Waals surface area contributed by atoms with Crippen molar-refractivity contribution >= 4 is 22.9 Å². The highest BCUT2D eigenvalue weighted by molar-refractivity contribution is 7.09. The summed E-state index contributed by atoms with van der Waals surface area (Å²) in [4.78, 5) is 4.41. The van der Waals surface area contributed by atoms with Crippen LogP contribution in [0.1, 0.15) is 36.6 Å². The van der Waals surface area contributed by atoms with Crippen molar-refractivity contribution in [2.24, 2.45) is 0 Å². The van der Waals surface area contributed by atoms with Gasteiger partial charge in [-0.05, 0) is 19.8 Å². The molecule has 1 aromatic heterocycles. The van der Waals surface area contributed by atoms with Crippen molar-refractivity contribution < 1.29 is 4.74 Å². The minimum atomic E-state index is 0.219. The van der Waals surface area contributed by atoms with Crippen molar-refractivity contribution in [3.63, 3.8) is 0 Å². The SMILES string of the molecule is CC1CCC(c2nc(CCl)cs2)O1. The predicted octanol–water partition coefficient (Wildman–Crippen LogP) is 3.12. The molecular weight excluding hydrogens is 206 g/mol. The molecule has 2 nitrogen and oxygen atoms in total. The maximum Gasteiger partial charge on any atom is 0.122 e. The number of halogens is 1. The lowest BCUT2D eigenvalue weighted by atomic mass is 10.2. The van der Waals surface area contributed by atoms with Crippen LogP contribution in [-0.4, -0.2) is 11.1 Å². The number of hydrogen-bond donors (Lipinski definition) is 0. The molecule has 1 aliphatic rings. The van der Waals surface area contributed by atoms with Crippen LogP contribution in [0, 0.1) is 0 Å². The fraction of sp³-hybridized carbons (Fsp3) is 0.667. The zero-order valence-corrected chi connectivity index (χ0v) is 9.07. The molecule has 0 N–H and O–H groups in total. The molecule has 4 heteroatoms. The molecule has 1 aliphatic heterocycles. The second-order valence-electron chi connectivity index (χ2n) is 3.32. The predicted molar refractivity (Wildman–Crippen MR) is 54.2 cm³/mol.